The summed E-state index contributed by atoms with van der Waals surface area (Å²) in [5.41, 5.74) is 0.733. The van der Waals surface area contributed by atoms with Crippen LogP contribution in [0.3, 0.4) is 0 Å². The molecular weight excluding hydrogens is 342 g/mol. The number of carbonyl (C=O) groups excluding carboxylic acids is 1. The first-order valence-corrected chi connectivity index (χ1v) is 7.62. The lowest BCUT2D eigenvalue weighted by atomic mass is 10.1. The number of amides is 1. The van der Waals surface area contributed by atoms with Gasteiger partial charge in [0.05, 0.1) is 13.2 Å². The first-order valence-electron chi connectivity index (χ1n) is 5.95. The Morgan fingerprint density at radius 2 is 2.10 bits per heavy atom. The van der Waals surface area contributed by atoms with Gasteiger partial charge < -0.3 is 15.2 Å². The maximum absolute atomic E-state index is 11.9. The second kappa shape index (κ2) is 6.88. The SMILES string of the molecule is COc1ccc([C@@H](O)CNC(=O)c2sccc2Br)cc1. The number of methoxy groups -OCH3 is 1. The van der Waals surface area contributed by atoms with Gasteiger partial charge in [0.25, 0.3) is 5.91 Å². The summed E-state index contributed by atoms with van der Waals surface area (Å²) >= 11 is 4.66. The summed E-state index contributed by atoms with van der Waals surface area (Å²) in [6.45, 7) is 0.162. The van der Waals surface area contributed by atoms with Gasteiger partial charge >= 0.3 is 0 Å². The molecule has 0 bridgehead atoms. The topological polar surface area (TPSA) is 58.6 Å². The van der Waals surface area contributed by atoms with E-state index in [1.165, 1.54) is 11.3 Å². The van der Waals surface area contributed by atoms with Crippen LogP contribution in [0.1, 0.15) is 21.3 Å². The van der Waals surface area contributed by atoms with E-state index in [1.54, 1.807) is 31.4 Å². The average Bonchev–Trinajstić information content (AvgIpc) is 2.90. The molecule has 0 aliphatic carbocycles. The number of thiophene rings is 1. The number of benzene rings is 1. The monoisotopic (exact) mass is 355 g/mol. The van der Waals surface area contributed by atoms with Gasteiger partial charge in [0.1, 0.15) is 10.6 Å². The van der Waals surface area contributed by atoms with Crippen LogP contribution in [0.4, 0.5) is 0 Å². The van der Waals surface area contributed by atoms with Crippen LogP contribution < -0.4 is 10.1 Å². The Kier molecular flexibility index (Phi) is 5.17. The molecule has 6 heteroatoms. The number of halogens is 1. The third-order valence-corrected chi connectivity index (χ3v) is 4.62. The first-order chi connectivity index (χ1) is 9.61. The van der Waals surface area contributed by atoms with E-state index >= 15 is 0 Å². The van der Waals surface area contributed by atoms with Crippen molar-refractivity contribution in [2.45, 2.75) is 6.10 Å². The molecule has 1 amide bonds. The third-order valence-electron chi connectivity index (χ3n) is 2.78. The molecule has 0 radical (unpaired) electrons. The first kappa shape index (κ1) is 15.0. The Morgan fingerprint density at radius 3 is 2.65 bits per heavy atom. The predicted molar refractivity (Wildman–Crippen MR) is 82.3 cm³/mol. The Balaban J connectivity index is 1.93. The molecule has 2 N–H and O–H groups in total. The lowest BCUT2D eigenvalue weighted by Crippen LogP contribution is -2.27. The molecule has 1 aromatic carbocycles. The van der Waals surface area contributed by atoms with Gasteiger partial charge in [-0.15, -0.1) is 11.3 Å². The van der Waals surface area contributed by atoms with E-state index in [0.717, 1.165) is 15.8 Å². The maximum atomic E-state index is 11.9. The van der Waals surface area contributed by atoms with Crippen molar-refractivity contribution < 1.29 is 14.6 Å². The van der Waals surface area contributed by atoms with Gasteiger partial charge in [-0.3, -0.25) is 4.79 Å². The third kappa shape index (κ3) is 3.59. The highest BCUT2D eigenvalue weighted by molar-refractivity contribution is 9.10. The minimum atomic E-state index is -0.747. The molecular formula is C14H14BrNO3S. The molecule has 2 aromatic rings. The molecule has 0 spiro atoms. The highest BCUT2D eigenvalue weighted by Crippen LogP contribution is 2.22. The number of aliphatic hydroxyl groups excluding tert-OH is 1. The fraction of sp³-hybridized carbons (Fsp3) is 0.214. The smallest absolute Gasteiger partial charge is 0.262 e. The van der Waals surface area contributed by atoms with Crippen LogP contribution >= 0.6 is 27.3 Å². The molecule has 0 unspecified atom stereocenters. The van der Waals surface area contributed by atoms with E-state index in [9.17, 15) is 9.90 Å². The lowest BCUT2D eigenvalue weighted by molar-refractivity contribution is 0.0919. The zero-order valence-electron chi connectivity index (χ0n) is 10.8. The summed E-state index contributed by atoms with van der Waals surface area (Å²) in [6.07, 6.45) is -0.747. The Hall–Kier alpha value is -1.37. The summed E-state index contributed by atoms with van der Waals surface area (Å²) in [5.74, 6) is 0.534. The molecule has 20 heavy (non-hydrogen) atoms. The van der Waals surface area contributed by atoms with Crippen LogP contribution in [0.5, 0.6) is 5.75 Å². The van der Waals surface area contributed by atoms with Crippen LogP contribution in [-0.4, -0.2) is 24.7 Å². The lowest BCUT2D eigenvalue weighted by Gasteiger charge is -2.12. The quantitative estimate of drug-likeness (QED) is 0.866. The highest BCUT2D eigenvalue weighted by atomic mass is 79.9. The molecule has 2 rings (SSSR count). The summed E-state index contributed by atoms with van der Waals surface area (Å²) in [7, 11) is 1.59. The number of aliphatic hydroxyl groups is 1. The molecule has 106 valence electrons. The maximum Gasteiger partial charge on any atom is 0.262 e. The number of nitrogens with one attached hydrogen (secondary N) is 1. The Morgan fingerprint density at radius 1 is 1.40 bits per heavy atom. The molecule has 1 atom stereocenters. The van der Waals surface area contributed by atoms with E-state index in [1.807, 2.05) is 11.4 Å². The molecule has 1 heterocycles. The largest absolute Gasteiger partial charge is 0.497 e. The van der Waals surface area contributed by atoms with E-state index in [-0.39, 0.29) is 12.5 Å². The van der Waals surface area contributed by atoms with Gasteiger partial charge in [-0.25, -0.2) is 0 Å². The van der Waals surface area contributed by atoms with Crippen LogP contribution in [-0.2, 0) is 0 Å². The van der Waals surface area contributed by atoms with Gasteiger partial charge in [-0.2, -0.15) is 0 Å². The minimum absolute atomic E-state index is 0.162. The predicted octanol–water partition coefficient (Wildman–Crippen LogP) is 2.98. The molecule has 0 aliphatic rings. The van der Waals surface area contributed by atoms with Crippen LogP contribution in [0.2, 0.25) is 0 Å². The second-order valence-electron chi connectivity index (χ2n) is 4.10. The van der Waals surface area contributed by atoms with Crippen LogP contribution in [0, 0.1) is 0 Å². The standard InChI is InChI=1S/C14H14BrNO3S/c1-19-10-4-2-9(3-5-10)12(17)8-16-14(18)13-11(15)6-7-20-13/h2-7,12,17H,8H2,1H3,(H,16,18)/t12-/m0/s1. The number of hydrogen-bond donors (Lipinski definition) is 2. The van der Waals surface area contributed by atoms with E-state index in [0.29, 0.717) is 4.88 Å². The number of ether oxygens (including phenoxy) is 1. The van der Waals surface area contributed by atoms with Gasteiger partial charge in [0.2, 0.25) is 0 Å². The van der Waals surface area contributed by atoms with Gasteiger partial charge in [-0.1, -0.05) is 12.1 Å². The number of hydrogen-bond acceptors (Lipinski definition) is 4. The van der Waals surface area contributed by atoms with Crippen molar-refractivity contribution in [3.05, 3.63) is 50.6 Å². The van der Waals surface area contributed by atoms with Crippen molar-refractivity contribution >= 4 is 33.2 Å². The van der Waals surface area contributed by atoms with Gasteiger partial charge in [0, 0.05) is 11.0 Å². The summed E-state index contributed by atoms with van der Waals surface area (Å²) in [6, 6.07) is 8.92. The zero-order valence-corrected chi connectivity index (χ0v) is 13.2. The normalized spacial score (nSPS) is 11.9. The molecule has 0 saturated carbocycles. The summed E-state index contributed by atoms with van der Waals surface area (Å²) in [5, 5.41) is 14.6. The van der Waals surface area contributed by atoms with Crippen LogP contribution in [0.15, 0.2) is 40.2 Å². The summed E-state index contributed by atoms with van der Waals surface area (Å²) in [4.78, 5) is 12.5. The molecule has 0 fully saturated rings. The van der Waals surface area contributed by atoms with Crippen molar-refractivity contribution in [1.82, 2.24) is 5.32 Å². The fourth-order valence-electron chi connectivity index (χ4n) is 1.67. The molecule has 0 aliphatic heterocycles. The summed E-state index contributed by atoms with van der Waals surface area (Å²) < 4.78 is 5.82. The van der Waals surface area contributed by atoms with E-state index < -0.39 is 6.10 Å². The van der Waals surface area contributed by atoms with Crippen molar-refractivity contribution in [3.63, 3.8) is 0 Å². The van der Waals surface area contributed by atoms with Crippen molar-refractivity contribution in [2.24, 2.45) is 0 Å². The van der Waals surface area contributed by atoms with Crippen molar-refractivity contribution in [3.8, 4) is 5.75 Å². The Labute approximate surface area is 129 Å². The number of rotatable bonds is 5. The number of carbonyl (C=O) groups is 1. The minimum Gasteiger partial charge on any atom is -0.497 e. The second-order valence-corrected chi connectivity index (χ2v) is 5.87. The highest BCUT2D eigenvalue weighted by Gasteiger charge is 2.14. The van der Waals surface area contributed by atoms with E-state index in [2.05, 4.69) is 21.2 Å². The molecule has 0 saturated heterocycles. The zero-order chi connectivity index (χ0) is 14.5. The van der Waals surface area contributed by atoms with Gasteiger partial charge in [0.15, 0.2) is 0 Å². The molecule has 4 nitrogen and oxygen atoms in total. The fourth-order valence-corrected chi connectivity index (χ4v) is 3.14. The van der Waals surface area contributed by atoms with Gasteiger partial charge in [-0.05, 0) is 45.1 Å². The Bertz CT molecular complexity index is 582. The van der Waals surface area contributed by atoms with Crippen LogP contribution in [0.25, 0.3) is 0 Å². The average molecular weight is 356 g/mol. The van der Waals surface area contributed by atoms with E-state index in [4.69, 9.17) is 4.74 Å². The molecule has 1 aromatic heterocycles. The van der Waals surface area contributed by atoms with Crippen molar-refractivity contribution in [2.75, 3.05) is 13.7 Å². The van der Waals surface area contributed by atoms with Crippen molar-refractivity contribution in [1.29, 1.82) is 0 Å².